The lowest BCUT2D eigenvalue weighted by Crippen LogP contribution is -2.40. The minimum atomic E-state index is -0.150. The van der Waals surface area contributed by atoms with E-state index in [1.54, 1.807) is 11.1 Å². The quantitative estimate of drug-likeness (QED) is 0.804. The van der Waals surface area contributed by atoms with Gasteiger partial charge in [0.2, 0.25) is 0 Å². The summed E-state index contributed by atoms with van der Waals surface area (Å²) in [7, 11) is 0. The first-order valence-electron chi connectivity index (χ1n) is 8.66. The molecule has 1 aliphatic heterocycles. The molecule has 25 heavy (non-hydrogen) atoms. The monoisotopic (exact) mass is 338 g/mol. The number of carbonyl (C=O) groups is 2. The third kappa shape index (κ3) is 4.05. The third-order valence-electron chi connectivity index (χ3n) is 4.48. The SMILES string of the molecule is CCOC(=O)C1CCN(C(=O)c2ccc(-c3ccccc3)nc2)CC1. The molecule has 3 rings (SSSR count). The maximum absolute atomic E-state index is 12.6. The molecule has 0 atom stereocenters. The Kier molecular flexibility index (Phi) is 5.43. The Labute approximate surface area is 147 Å². The maximum Gasteiger partial charge on any atom is 0.309 e. The molecule has 1 fully saturated rings. The summed E-state index contributed by atoms with van der Waals surface area (Å²) in [4.78, 5) is 30.6. The molecular weight excluding hydrogens is 316 g/mol. The number of aromatic nitrogens is 1. The summed E-state index contributed by atoms with van der Waals surface area (Å²) in [6.45, 7) is 3.35. The summed E-state index contributed by atoms with van der Waals surface area (Å²) in [5.41, 5.74) is 2.45. The number of likely N-dealkylation sites (tertiary alicyclic amines) is 1. The predicted molar refractivity (Wildman–Crippen MR) is 94.9 cm³/mol. The van der Waals surface area contributed by atoms with Gasteiger partial charge in [-0.15, -0.1) is 0 Å². The number of pyridine rings is 1. The lowest BCUT2D eigenvalue weighted by Gasteiger charge is -2.30. The molecule has 0 saturated carbocycles. The molecule has 1 saturated heterocycles. The van der Waals surface area contributed by atoms with Crippen LogP contribution in [0.2, 0.25) is 0 Å². The van der Waals surface area contributed by atoms with E-state index in [0.717, 1.165) is 11.3 Å². The molecule has 0 N–H and O–H groups in total. The normalized spacial score (nSPS) is 15.0. The fourth-order valence-corrected chi connectivity index (χ4v) is 3.06. The minimum absolute atomic E-state index is 0.0329. The molecule has 0 unspecified atom stereocenters. The molecule has 1 aromatic heterocycles. The summed E-state index contributed by atoms with van der Waals surface area (Å²) >= 11 is 0. The smallest absolute Gasteiger partial charge is 0.309 e. The van der Waals surface area contributed by atoms with E-state index in [2.05, 4.69) is 4.98 Å². The van der Waals surface area contributed by atoms with Gasteiger partial charge in [-0.1, -0.05) is 30.3 Å². The van der Waals surface area contributed by atoms with Crippen LogP contribution in [0.15, 0.2) is 48.7 Å². The van der Waals surface area contributed by atoms with Gasteiger partial charge in [0, 0.05) is 24.8 Å². The zero-order chi connectivity index (χ0) is 17.6. The van der Waals surface area contributed by atoms with Crippen molar-refractivity contribution in [2.75, 3.05) is 19.7 Å². The molecule has 2 aromatic rings. The van der Waals surface area contributed by atoms with Crippen molar-refractivity contribution in [2.45, 2.75) is 19.8 Å². The molecule has 0 spiro atoms. The fourth-order valence-electron chi connectivity index (χ4n) is 3.06. The fraction of sp³-hybridized carbons (Fsp3) is 0.350. The molecule has 130 valence electrons. The largest absolute Gasteiger partial charge is 0.466 e. The number of piperidine rings is 1. The van der Waals surface area contributed by atoms with Crippen molar-refractivity contribution in [3.8, 4) is 11.3 Å². The first-order valence-corrected chi connectivity index (χ1v) is 8.66. The zero-order valence-electron chi connectivity index (χ0n) is 14.4. The van der Waals surface area contributed by atoms with Gasteiger partial charge in [-0.2, -0.15) is 0 Å². The molecule has 1 amide bonds. The summed E-state index contributed by atoms with van der Waals surface area (Å²) < 4.78 is 5.06. The van der Waals surface area contributed by atoms with Crippen molar-refractivity contribution >= 4 is 11.9 Å². The Bertz CT molecular complexity index is 720. The van der Waals surface area contributed by atoms with E-state index in [1.807, 2.05) is 49.4 Å². The average Bonchev–Trinajstić information content (AvgIpc) is 2.68. The molecule has 5 nitrogen and oxygen atoms in total. The van der Waals surface area contributed by atoms with E-state index in [1.165, 1.54) is 0 Å². The predicted octanol–water partition coefficient (Wildman–Crippen LogP) is 3.16. The lowest BCUT2D eigenvalue weighted by molar-refractivity contribution is -0.149. The van der Waals surface area contributed by atoms with Crippen LogP contribution >= 0.6 is 0 Å². The second kappa shape index (κ2) is 7.92. The van der Waals surface area contributed by atoms with Crippen molar-refractivity contribution in [3.63, 3.8) is 0 Å². The van der Waals surface area contributed by atoms with Crippen molar-refractivity contribution in [1.82, 2.24) is 9.88 Å². The molecule has 0 radical (unpaired) electrons. The molecule has 5 heteroatoms. The van der Waals surface area contributed by atoms with Crippen LogP contribution in [0.25, 0.3) is 11.3 Å². The second-order valence-corrected chi connectivity index (χ2v) is 6.12. The second-order valence-electron chi connectivity index (χ2n) is 6.12. The van der Waals surface area contributed by atoms with Gasteiger partial charge in [0.05, 0.1) is 23.8 Å². The van der Waals surface area contributed by atoms with E-state index in [4.69, 9.17) is 4.74 Å². The van der Waals surface area contributed by atoms with E-state index in [9.17, 15) is 9.59 Å². The Morgan fingerprint density at radius 3 is 2.44 bits per heavy atom. The van der Waals surface area contributed by atoms with Crippen LogP contribution in [0.4, 0.5) is 0 Å². The Hall–Kier alpha value is -2.69. The number of amides is 1. The van der Waals surface area contributed by atoms with Gasteiger partial charge in [0.1, 0.15) is 0 Å². The van der Waals surface area contributed by atoms with Crippen LogP contribution in [0, 0.1) is 5.92 Å². The van der Waals surface area contributed by atoms with Crippen molar-refractivity contribution in [1.29, 1.82) is 0 Å². The van der Waals surface area contributed by atoms with Crippen molar-refractivity contribution < 1.29 is 14.3 Å². The van der Waals surface area contributed by atoms with Gasteiger partial charge >= 0.3 is 5.97 Å². The summed E-state index contributed by atoms with van der Waals surface area (Å²) in [6.07, 6.45) is 2.93. The molecule has 1 aromatic carbocycles. The highest BCUT2D eigenvalue weighted by Gasteiger charge is 2.28. The van der Waals surface area contributed by atoms with E-state index >= 15 is 0 Å². The van der Waals surface area contributed by atoms with Gasteiger partial charge in [-0.3, -0.25) is 14.6 Å². The van der Waals surface area contributed by atoms with Gasteiger partial charge in [0.25, 0.3) is 5.91 Å². The molecule has 0 bridgehead atoms. The van der Waals surface area contributed by atoms with Crippen LogP contribution in [0.5, 0.6) is 0 Å². The highest BCUT2D eigenvalue weighted by Crippen LogP contribution is 2.21. The molecule has 0 aliphatic carbocycles. The minimum Gasteiger partial charge on any atom is -0.466 e. The number of hydrogen-bond donors (Lipinski definition) is 0. The first-order chi connectivity index (χ1) is 12.2. The van der Waals surface area contributed by atoms with Crippen LogP contribution in [-0.2, 0) is 9.53 Å². The van der Waals surface area contributed by atoms with Crippen molar-refractivity contribution in [3.05, 3.63) is 54.2 Å². The van der Waals surface area contributed by atoms with Gasteiger partial charge in [-0.25, -0.2) is 0 Å². The van der Waals surface area contributed by atoms with Crippen LogP contribution in [0.3, 0.4) is 0 Å². The summed E-state index contributed by atoms with van der Waals surface area (Å²) in [5, 5.41) is 0. The topological polar surface area (TPSA) is 59.5 Å². The number of ether oxygens (including phenoxy) is 1. The van der Waals surface area contributed by atoms with Gasteiger partial charge < -0.3 is 9.64 Å². The summed E-state index contributed by atoms with van der Waals surface area (Å²) in [6, 6.07) is 13.5. The van der Waals surface area contributed by atoms with E-state index in [-0.39, 0.29) is 17.8 Å². The number of carbonyl (C=O) groups excluding carboxylic acids is 2. The number of esters is 1. The number of benzene rings is 1. The Balaban J connectivity index is 1.61. The van der Waals surface area contributed by atoms with E-state index < -0.39 is 0 Å². The molecule has 2 heterocycles. The van der Waals surface area contributed by atoms with E-state index in [0.29, 0.717) is 38.1 Å². The molecule has 1 aliphatic rings. The Morgan fingerprint density at radius 2 is 1.84 bits per heavy atom. The standard InChI is InChI=1S/C20H22N2O3/c1-2-25-20(24)16-10-12-22(13-11-16)19(23)17-8-9-18(21-14-17)15-6-4-3-5-7-15/h3-9,14,16H,2,10-13H2,1H3. The lowest BCUT2D eigenvalue weighted by atomic mass is 9.96. The highest BCUT2D eigenvalue weighted by molar-refractivity contribution is 5.94. The zero-order valence-corrected chi connectivity index (χ0v) is 14.4. The van der Waals surface area contributed by atoms with Crippen LogP contribution < -0.4 is 0 Å². The average molecular weight is 338 g/mol. The highest BCUT2D eigenvalue weighted by atomic mass is 16.5. The van der Waals surface area contributed by atoms with Crippen LogP contribution in [0.1, 0.15) is 30.1 Å². The maximum atomic E-state index is 12.6. The first kappa shape index (κ1) is 17.1. The Morgan fingerprint density at radius 1 is 1.12 bits per heavy atom. The number of rotatable bonds is 4. The number of hydrogen-bond acceptors (Lipinski definition) is 4. The van der Waals surface area contributed by atoms with Crippen molar-refractivity contribution in [2.24, 2.45) is 5.92 Å². The summed E-state index contributed by atoms with van der Waals surface area (Å²) in [5.74, 6) is -0.277. The van der Waals surface area contributed by atoms with Gasteiger partial charge in [0.15, 0.2) is 0 Å². The third-order valence-corrected chi connectivity index (χ3v) is 4.48. The van der Waals surface area contributed by atoms with Gasteiger partial charge in [-0.05, 0) is 31.9 Å². The molecular formula is C20H22N2O3. The van der Waals surface area contributed by atoms with Crippen LogP contribution in [-0.4, -0.2) is 41.5 Å². The number of nitrogens with zero attached hydrogens (tertiary/aromatic N) is 2.